The van der Waals surface area contributed by atoms with Gasteiger partial charge in [-0.25, -0.2) is 0 Å². The van der Waals surface area contributed by atoms with Crippen molar-refractivity contribution in [2.45, 2.75) is 88.9 Å². The van der Waals surface area contributed by atoms with E-state index in [1.807, 2.05) is 0 Å². The molecule has 4 saturated carbocycles. The third kappa shape index (κ3) is 4.50. The summed E-state index contributed by atoms with van der Waals surface area (Å²) >= 11 is 0. The van der Waals surface area contributed by atoms with Crippen molar-refractivity contribution in [3.8, 4) is 22.3 Å². The molecule has 1 heterocycles. The highest BCUT2D eigenvalue weighted by atomic mass is 16.3. The summed E-state index contributed by atoms with van der Waals surface area (Å²) in [5.41, 5.74) is 17.6. The maximum absolute atomic E-state index is 6.31. The minimum absolute atomic E-state index is 0.0431. The number of anilines is 3. The molecule has 0 radical (unpaired) electrons. The maximum atomic E-state index is 6.31. The smallest absolute Gasteiger partial charge is 0.135 e. The number of nitrogens with zero attached hydrogens (tertiary/aromatic N) is 1. The SMILES string of the molecule is CC1(C)CCC(C)(C)c2c(N(c3ccc(-c4ccc5c(c4)-c4ccccc4C54C5CC6CC(C5)CC4C6)cc3)c3ccc4oc5ccccc5c4c3)cccc21. The highest BCUT2D eigenvalue weighted by molar-refractivity contribution is 6.06. The second kappa shape index (κ2) is 11.5. The van der Waals surface area contributed by atoms with Crippen molar-refractivity contribution >= 4 is 39.0 Å². The van der Waals surface area contributed by atoms with Crippen molar-refractivity contribution in [1.82, 2.24) is 0 Å². The van der Waals surface area contributed by atoms with Crippen LogP contribution in [0, 0.1) is 23.7 Å². The molecular weight excluding hydrogens is 679 g/mol. The lowest BCUT2D eigenvalue weighted by atomic mass is 9.43. The summed E-state index contributed by atoms with van der Waals surface area (Å²) < 4.78 is 6.31. The number of hydrogen-bond donors (Lipinski definition) is 0. The molecule has 1 spiro atoms. The molecular formula is C54H51NO. The van der Waals surface area contributed by atoms with Crippen molar-refractivity contribution in [1.29, 1.82) is 0 Å². The molecule has 6 aliphatic carbocycles. The second-order valence-corrected chi connectivity index (χ2v) is 19.6. The molecule has 0 unspecified atom stereocenters. The standard InChI is InChI=1S/C54H51NO/c1-52(2)24-25-53(3,4)51-47(52)13-9-14-48(51)55(40-21-23-50-44(32-40)42-11-6-8-15-49(42)56-50)39-19-16-35(17-20-39)36-18-22-46-43(31-36)41-10-5-7-12-45(41)54(46)37-27-33-26-34(29-37)30-38(54)28-33/h5-23,31-34,37-38H,24-30H2,1-4H3. The molecule has 0 amide bonds. The zero-order chi connectivity index (χ0) is 37.6. The van der Waals surface area contributed by atoms with E-state index in [0.717, 1.165) is 57.7 Å². The van der Waals surface area contributed by atoms with Crippen LogP contribution in [0.5, 0.6) is 0 Å². The number of furan rings is 1. The minimum atomic E-state index is 0.0431. The molecule has 0 saturated heterocycles. The van der Waals surface area contributed by atoms with Gasteiger partial charge in [-0.1, -0.05) is 107 Å². The number of para-hydroxylation sites is 1. The Bertz CT molecular complexity index is 2700. The normalized spacial score (nSPS) is 26.1. The molecule has 6 aromatic carbocycles. The van der Waals surface area contributed by atoms with Gasteiger partial charge in [0, 0.05) is 27.6 Å². The Labute approximate surface area is 331 Å². The van der Waals surface area contributed by atoms with Gasteiger partial charge in [0.25, 0.3) is 0 Å². The van der Waals surface area contributed by atoms with E-state index in [2.05, 4.69) is 160 Å². The van der Waals surface area contributed by atoms with Crippen LogP contribution in [0.25, 0.3) is 44.2 Å². The van der Waals surface area contributed by atoms with Crippen LogP contribution in [0.4, 0.5) is 17.1 Å². The molecule has 4 bridgehead atoms. The molecule has 6 aliphatic rings. The highest BCUT2D eigenvalue weighted by Gasteiger charge is 2.61. The first-order chi connectivity index (χ1) is 27.2. The molecule has 0 aliphatic heterocycles. The van der Waals surface area contributed by atoms with Crippen LogP contribution >= 0.6 is 0 Å². The summed E-state index contributed by atoms with van der Waals surface area (Å²) in [5, 5.41) is 2.31. The highest BCUT2D eigenvalue weighted by Crippen LogP contribution is 2.69. The Hall–Kier alpha value is -5.08. The van der Waals surface area contributed by atoms with Crippen LogP contribution in [-0.4, -0.2) is 0 Å². The second-order valence-electron chi connectivity index (χ2n) is 19.6. The van der Waals surface area contributed by atoms with Crippen LogP contribution in [0.3, 0.4) is 0 Å². The minimum Gasteiger partial charge on any atom is -0.456 e. The average Bonchev–Trinajstić information content (AvgIpc) is 3.72. The lowest BCUT2D eigenvalue weighted by molar-refractivity contribution is -0.0399. The first-order valence-corrected chi connectivity index (χ1v) is 21.4. The van der Waals surface area contributed by atoms with Crippen LogP contribution in [0.2, 0.25) is 0 Å². The van der Waals surface area contributed by atoms with Crippen LogP contribution < -0.4 is 4.90 Å². The van der Waals surface area contributed by atoms with E-state index in [1.165, 1.54) is 83.3 Å². The summed E-state index contributed by atoms with van der Waals surface area (Å²) in [6.07, 6.45) is 9.52. The van der Waals surface area contributed by atoms with E-state index in [9.17, 15) is 0 Å². The van der Waals surface area contributed by atoms with Gasteiger partial charge in [-0.05, 0) is 172 Å². The van der Waals surface area contributed by atoms with E-state index in [1.54, 1.807) is 11.1 Å². The number of benzene rings is 6. The van der Waals surface area contributed by atoms with Gasteiger partial charge in [0.1, 0.15) is 11.2 Å². The fourth-order valence-corrected chi connectivity index (χ4v) is 13.3. The third-order valence-electron chi connectivity index (χ3n) is 15.7. The Kier molecular flexibility index (Phi) is 6.80. The number of hydrogen-bond acceptors (Lipinski definition) is 2. The first kappa shape index (κ1) is 33.1. The van der Waals surface area contributed by atoms with Crippen molar-refractivity contribution in [3.05, 3.63) is 150 Å². The summed E-state index contributed by atoms with van der Waals surface area (Å²) in [4.78, 5) is 2.52. The van der Waals surface area contributed by atoms with Crippen LogP contribution in [0.15, 0.2) is 132 Å². The monoisotopic (exact) mass is 729 g/mol. The van der Waals surface area contributed by atoms with E-state index in [0.29, 0.717) is 0 Å². The van der Waals surface area contributed by atoms with Gasteiger partial charge in [0.15, 0.2) is 0 Å². The summed E-state index contributed by atoms with van der Waals surface area (Å²) in [7, 11) is 0. The van der Waals surface area contributed by atoms with Gasteiger partial charge in [0.05, 0.1) is 5.69 Å². The topological polar surface area (TPSA) is 16.4 Å². The third-order valence-corrected chi connectivity index (χ3v) is 15.7. The molecule has 13 rings (SSSR count). The largest absolute Gasteiger partial charge is 0.456 e. The summed E-state index contributed by atoms with van der Waals surface area (Å²) in [6, 6.07) is 48.6. The van der Waals surface area contributed by atoms with Gasteiger partial charge < -0.3 is 9.32 Å². The molecule has 7 aromatic rings. The molecule has 2 nitrogen and oxygen atoms in total. The molecule has 1 aromatic heterocycles. The van der Waals surface area contributed by atoms with Gasteiger partial charge in [-0.3, -0.25) is 0 Å². The van der Waals surface area contributed by atoms with Gasteiger partial charge in [0.2, 0.25) is 0 Å². The van der Waals surface area contributed by atoms with E-state index in [4.69, 9.17) is 4.42 Å². The molecule has 56 heavy (non-hydrogen) atoms. The van der Waals surface area contributed by atoms with E-state index >= 15 is 0 Å². The van der Waals surface area contributed by atoms with Gasteiger partial charge in [-0.15, -0.1) is 0 Å². The van der Waals surface area contributed by atoms with E-state index in [-0.39, 0.29) is 16.2 Å². The van der Waals surface area contributed by atoms with Gasteiger partial charge >= 0.3 is 0 Å². The fraction of sp³-hybridized carbons (Fsp3) is 0.333. The zero-order valence-corrected chi connectivity index (χ0v) is 33.2. The lowest BCUT2D eigenvalue weighted by Crippen LogP contribution is -2.55. The Balaban J connectivity index is 0.992. The molecule has 0 N–H and O–H groups in total. The summed E-state index contributed by atoms with van der Waals surface area (Å²) in [6.45, 7) is 9.73. The fourth-order valence-electron chi connectivity index (χ4n) is 13.3. The van der Waals surface area contributed by atoms with Crippen LogP contribution in [-0.2, 0) is 16.2 Å². The predicted octanol–water partition coefficient (Wildman–Crippen LogP) is 14.8. The molecule has 0 atom stereocenters. The molecule has 278 valence electrons. The molecule has 4 fully saturated rings. The first-order valence-electron chi connectivity index (χ1n) is 21.4. The number of rotatable bonds is 4. The number of fused-ring (bicyclic) bond motifs is 7. The maximum Gasteiger partial charge on any atom is 0.135 e. The Morgan fingerprint density at radius 3 is 1.95 bits per heavy atom. The Morgan fingerprint density at radius 2 is 1.14 bits per heavy atom. The van der Waals surface area contributed by atoms with E-state index < -0.39 is 0 Å². The van der Waals surface area contributed by atoms with Crippen molar-refractivity contribution < 1.29 is 4.42 Å². The quantitative estimate of drug-likeness (QED) is 0.179. The molecule has 2 heteroatoms. The van der Waals surface area contributed by atoms with Crippen molar-refractivity contribution in [2.24, 2.45) is 23.7 Å². The van der Waals surface area contributed by atoms with Crippen molar-refractivity contribution in [3.63, 3.8) is 0 Å². The summed E-state index contributed by atoms with van der Waals surface area (Å²) in [5.74, 6) is 3.49. The predicted molar refractivity (Wildman–Crippen MR) is 232 cm³/mol. The average molecular weight is 730 g/mol. The zero-order valence-electron chi connectivity index (χ0n) is 33.2. The lowest BCUT2D eigenvalue weighted by Gasteiger charge is -2.61. The van der Waals surface area contributed by atoms with Crippen molar-refractivity contribution in [2.75, 3.05) is 4.90 Å². The van der Waals surface area contributed by atoms with Crippen LogP contribution in [0.1, 0.15) is 94.9 Å². The Morgan fingerprint density at radius 1 is 0.500 bits per heavy atom. The van der Waals surface area contributed by atoms with Gasteiger partial charge in [-0.2, -0.15) is 0 Å².